The summed E-state index contributed by atoms with van der Waals surface area (Å²) < 4.78 is 3.93. The van der Waals surface area contributed by atoms with Gasteiger partial charge in [0.15, 0.2) is 5.82 Å². The fourth-order valence-corrected chi connectivity index (χ4v) is 3.39. The molecular weight excluding hydrogens is 356 g/mol. The first kappa shape index (κ1) is 12.2. The fraction of sp³-hybridized carbons (Fsp3) is 0.333. The van der Waals surface area contributed by atoms with Crippen LogP contribution < -0.4 is 5.32 Å². The molecule has 0 aliphatic carbocycles. The van der Waals surface area contributed by atoms with Crippen LogP contribution in [0, 0.1) is 0 Å². The molecule has 4 nitrogen and oxygen atoms in total. The van der Waals surface area contributed by atoms with E-state index in [4.69, 9.17) is 0 Å². The quantitative estimate of drug-likeness (QED) is 0.905. The number of thiophene rings is 1. The zero-order valence-electron chi connectivity index (χ0n) is 8.57. The molecule has 0 bridgehead atoms. The number of halogens is 2. The fourth-order valence-electron chi connectivity index (χ4n) is 1.24. The average Bonchev–Trinajstić information content (AvgIpc) is 2.75. The average molecular weight is 366 g/mol. The van der Waals surface area contributed by atoms with E-state index in [0.717, 1.165) is 20.6 Å². The van der Waals surface area contributed by atoms with Crippen LogP contribution in [-0.4, -0.2) is 14.8 Å². The number of hydrogen-bond acceptors (Lipinski definition) is 4. The van der Waals surface area contributed by atoms with Gasteiger partial charge < -0.3 is 5.32 Å². The molecule has 7 heteroatoms. The second-order valence-electron chi connectivity index (χ2n) is 3.27. The van der Waals surface area contributed by atoms with Gasteiger partial charge in [0.1, 0.15) is 6.33 Å². The largest absolute Gasteiger partial charge is 0.305 e. The third-order valence-corrected chi connectivity index (χ3v) is 5.18. The van der Waals surface area contributed by atoms with Gasteiger partial charge >= 0.3 is 0 Å². The maximum absolute atomic E-state index is 4.19. The first-order valence-corrected chi connectivity index (χ1v) is 7.04. The van der Waals surface area contributed by atoms with E-state index in [1.165, 1.54) is 4.88 Å². The Hall–Kier alpha value is -0.240. The molecule has 2 aromatic heterocycles. The second-order valence-corrected chi connectivity index (χ2v) is 6.58. The third-order valence-electron chi connectivity index (χ3n) is 1.93. The highest BCUT2D eigenvalue weighted by atomic mass is 79.9. The highest BCUT2D eigenvalue weighted by Gasteiger charge is 2.04. The van der Waals surface area contributed by atoms with Gasteiger partial charge in [0.05, 0.1) is 10.3 Å². The van der Waals surface area contributed by atoms with Crippen molar-refractivity contribution in [2.75, 3.05) is 0 Å². The number of aromatic nitrogens is 3. The molecule has 2 rings (SSSR count). The predicted molar refractivity (Wildman–Crippen MR) is 71.3 cm³/mol. The van der Waals surface area contributed by atoms with Gasteiger partial charge in [0.25, 0.3) is 0 Å². The van der Waals surface area contributed by atoms with Crippen molar-refractivity contribution in [3.8, 4) is 0 Å². The molecule has 0 saturated heterocycles. The molecule has 0 spiro atoms. The Bertz CT molecular complexity index is 460. The van der Waals surface area contributed by atoms with Crippen LogP contribution in [0.4, 0.5) is 0 Å². The molecule has 0 aromatic carbocycles. The maximum atomic E-state index is 4.19. The highest BCUT2D eigenvalue weighted by molar-refractivity contribution is 9.13. The van der Waals surface area contributed by atoms with Crippen LogP contribution in [0.25, 0.3) is 0 Å². The Morgan fingerprint density at radius 2 is 2.25 bits per heavy atom. The van der Waals surface area contributed by atoms with Crippen molar-refractivity contribution in [3.63, 3.8) is 0 Å². The topological polar surface area (TPSA) is 42.7 Å². The maximum Gasteiger partial charge on any atom is 0.164 e. The van der Waals surface area contributed by atoms with Crippen molar-refractivity contribution in [1.29, 1.82) is 0 Å². The van der Waals surface area contributed by atoms with E-state index >= 15 is 0 Å². The van der Waals surface area contributed by atoms with Gasteiger partial charge in [-0.05, 0) is 37.9 Å². The van der Waals surface area contributed by atoms with Crippen LogP contribution in [-0.2, 0) is 20.1 Å². The molecule has 0 radical (unpaired) electrons. The summed E-state index contributed by atoms with van der Waals surface area (Å²) >= 11 is 8.65. The molecule has 16 heavy (non-hydrogen) atoms. The Kier molecular flexibility index (Phi) is 4.12. The summed E-state index contributed by atoms with van der Waals surface area (Å²) in [6, 6.07) is 2.10. The van der Waals surface area contributed by atoms with E-state index in [-0.39, 0.29) is 0 Å². The number of hydrogen-bond donors (Lipinski definition) is 1. The summed E-state index contributed by atoms with van der Waals surface area (Å²) in [4.78, 5) is 5.42. The summed E-state index contributed by atoms with van der Waals surface area (Å²) in [5.74, 6) is 0.817. The Labute approximate surface area is 114 Å². The van der Waals surface area contributed by atoms with Crippen LogP contribution >= 0.6 is 43.2 Å². The van der Waals surface area contributed by atoms with Gasteiger partial charge in [-0.15, -0.1) is 11.3 Å². The lowest BCUT2D eigenvalue weighted by Crippen LogP contribution is -2.13. The number of nitrogens with zero attached hydrogens (tertiary/aromatic N) is 3. The highest BCUT2D eigenvalue weighted by Crippen LogP contribution is 2.32. The smallest absolute Gasteiger partial charge is 0.164 e. The molecule has 86 valence electrons. The number of rotatable bonds is 4. The minimum atomic E-state index is 0.688. The van der Waals surface area contributed by atoms with Gasteiger partial charge in [0.2, 0.25) is 0 Å². The minimum absolute atomic E-state index is 0.688. The predicted octanol–water partition coefficient (Wildman–Crippen LogP) is 2.69. The van der Waals surface area contributed by atoms with E-state index in [1.54, 1.807) is 22.3 Å². The lowest BCUT2D eigenvalue weighted by Gasteiger charge is -1.98. The van der Waals surface area contributed by atoms with Crippen LogP contribution in [0.3, 0.4) is 0 Å². The Morgan fingerprint density at radius 3 is 2.81 bits per heavy atom. The van der Waals surface area contributed by atoms with E-state index in [2.05, 4.69) is 53.3 Å². The van der Waals surface area contributed by atoms with Crippen LogP contribution in [0.1, 0.15) is 10.7 Å². The molecule has 0 aliphatic heterocycles. The van der Waals surface area contributed by atoms with E-state index in [0.29, 0.717) is 6.54 Å². The summed E-state index contributed by atoms with van der Waals surface area (Å²) in [5.41, 5.74) is 0. The SMILES string of the molecule is Cn1cnc(CNCc2cc(Br)c(Br)s2)n1. The number of nitrogens with one attached hydrogen (secondary N) is 1. The van der Waals surface area contributed by atoms with Gasteiger partial charge in [-0.3, -0.25) is 4.68 Å². The van der Waals surface area contributed by atoms with Gasteiger partial charge in [0, 0.05) is 22.9 Å². The zero-order chi connectivity index (χ0) is 11.5. The van der Waals surface area contributed by atoms with Crippen molar-refractivity contribution >= 4 is 43.2 Å². The summed E-state index contributed by atoms with van der Waals surface area (Å²) in [5, 5.41) is 7.49. The molecule has 2 heterocycles. The van der Waals surface area contributed by atoms with Crippen molar-refractivity contribution in [2.24, 2.45) is 7.05 Å². The van der Waals surface area contributed by atoms with Crippen molar-refractivity contribution < 1.29 is 0 Å². The minimum Gasteiger partial charge on any atom is -0.305 e. The first-order chi connectivity index (χ1) is 7.65. The van der Waals surface area contributed by atoms with Gasteiger partial charge in [-0.1, -0.05) is 0 Å². The molecular formula is C9H10Br2N4S. The molecule has 0 amide bonds. The molecule has 2 aromatic rings. The Morgan fingerprint density at radius 1 is 1.44 bits per heavy atom. The lowest BCUT2D eigenvalue weighted by atomic mass is 10.4. The zero-order valence-corrected chi connectivity index (χ0v) is 12.6. The van der Waals surface area contributed by atoms with Crippen LogP contribution in [0.2, 0.25) is 0 Å². The normalized spacial score (nSPS) is 10.9. The standard InChI is InChI=1S/C9H10Br2N4S/c1-15-5-13-8(14-15)4-12-3-6-2-7(10)9(11)16-6/h2,5,12H,3-4H2,1H3. The number of aryl methyl sites for hydroxylation is 1. The molecule has 1 N–H and O–H groups in total. The summed E-state index contributed by atoms with van der Waals surface area (Å²) in [7, 11) is 1.87. The summed E-state index contributed by atoms with van der Waals surface area (Å²) in [6.45, 7) is 1.51. The van der Waals surface area contributed by atoms with Crippen molar-refractivity contribution in [3.05, 3.63) is 31.4 Å². The van der Waals surface area contributed by atoms with Crippen LogP contribution in [0.15, 0.2) is 20.7 Å². The molecule has 0 saturated carbocycles. The molecule has 0 atom stereocenters. The van der Waals surface area contributed by atoms with Gasteiger partial charge in [-0.2, -0.15) is 5.10 Å². The van der Waals surface area contributed by atoms with E-state index in [1.807, 2.05) is 7.05 Å². The van der Waals surface area contributed by atoms with Gasteiger partial charge in [-0.25, -0.2) is 4.98 Å². The van der Waals surface area contributed by atoms with Crippen molar-refractivity contribution in [1.82, 2.24) is 20.1 Å². The lowest BCUT2D eigenvalue weighted by molar-refractivity contribution is 0.654. The van der Waals surface area contributed by atoms with E-state index in [9.17, 15) is 0 Å². The van der Waals surface area contributed by atoms with Crippen LogP contribution in [0.5, 0.6) is 0 Å². The molecule has 0 fully saturated rings. The third kappa shape index (κ3) is 3.13. The van der Waals surface area contributed by atoms with E-state index < -0.39 is 0 Å². The first-order valence-electron chi connectivity index (χ1n) is 4.64. The molecule has 0 unspecified atom stereocenters. The monoisotopic (exact) mass is 364 g/mol. The second kappa shape index (κ2) is 5.39. The molecule has 0 aliphatic rings. The Balaban J connectivity index is 1.84. The summed E-state index contributed by atoms with van der Waals surface area (Å²) in [6.07, 6.45) is 1.70. The van der Waals surface area contributed by atoms with Crippen molar-refractivity contribution in [2.45, 2.75) is 13.1 Å².